The summed E-state index contributed by atoms with van der Waals surface area (Å²) >= 11 is 4.95. The predicted molar refractivity (Wildman–Crippen MR) is 79.5 cm³/mol. The van der Waals surface area contributed by atoms with Gasteiger partial charge in [-0.1, -0.05) is 0 Å². The number of nitrogens with zero attached hydrogens (tertiary/aromatic N) is 3. The summed E-state index contributed by atoms with van der Waals surface area (Å²) in [4.78, 5) is 4.90. The Morgan fingerprint density at radius 2 is 2.32 bits per heavy atom. The van der Waals surface area contributed by atoms with E-state index in [9.17, 15) is 8.42 Å². The topological polar surface area (TPSA) is 55.2 Å². The molecule has 2 rings (SSSR count). The van der Waals surface area contributed by atoms with E-state index in [4.69, 9.17) is 0 Å². The van der Waals surface area contributed by atoms with E-state index in [-0.39, 0.29) is 5.75 Å². The lowest BCUT2D eigenvalue weighted by molar-refractivity contribution is 0.465. The molecule has 0 N–H and O–H groups in total. The zero-order valence-electron chi connectivity index (χ0n) is 10.4. The van der Waals surface area contributed by atoms with Gasteiger partial charge in [-0.25, -0.2) is 13.4 Å². The van der Waals surface area contributed by atoms with E-state index in [2.05, 4.69) is 20.9 Å². The normalized spacial score (nSPS) is 12.2. The predicted octanol–water partition coefficient (Wildman–Crippen LogP) is 2.17. The van der Waals surface area contributed by atoms with E-state index < -0.39 is 10.0 Å². The zero-order chi connectivity index (χ0) is 13.9. The third kappa shape index (κ3) is 3.88. The summed E-state index contributed by atoms with van der Waals surface area (Å²) in [6.45, 7) is 0.808. The van der Waals surface area contributed by atoms with E-state index in [1.54, 1.807) is 41.7 Å². The molecule has 0 aromatic carbocycles. The van der Waals surface area contributed by atoms with Crippen molar-refractivity contribution < 1.29 is 8.42 Å². The fourth-order valence-corrected chi connectivity index (χ4v) is 4.22. The van der Waals surface area contributed by atoms with E-state index in [0.29, 0.717) is 13.1 Å². The first-order valence-corrected chi connectivity index (χ1v) is 8.89. The molecular formula is C11H14BrN3O2S2. The number of hydrogen-bond donors (Lipinski definition) is 0. The highest BCUT2D eigenvalue weighted by Gasteiger charge is 2.19. The van der Waals surface area contributed by atoms with Crippen molar-refractivity contribution in [1.82, 2.24) is 13.9 Å². The minimum atomic E-state index is -3.26. The summed E-state index contributed by atoms with van der Waals surface area (Å²) in [5.41, 5.74) is 0. The molecule has 2 heterocycles. The maximum Gasteiger partial charge on any atom is 0.215 e. The number of imidazole rings is 1. The molecule has 0 saturated heterocycles. The number of hydrogen-bond acceptors (Lipinski definition) is 4. The van der Waals surface area contributed by atoms with Crippen LogP contribution in [-0.4, -0.2) is 35.1 Å². The SMILES string of the molecule is CN(Cc1sccc1Br)S(=O)(=O)CCn1ccnc1. The van der Waals surface area contributed by atoms with Crippen molar-refractivity contribution >= 4 is 37.3 Å². The van der Waals surface area contributed by atoms with Gasteiger partial charge in [0.1, 0.15) is 0 Å². The van der Waals surface area contributed by atoms with Crippen LogP contribution in [0.3, 0.4) is 0 Å². The Labute approximate surface area is 125 Å². The number of thiophene rings is 1. The van der Waals surface area contributed by atoms with Gasteiger partial charge in [0.25, 0.3) is 0 Å². The first-order valence-electron chi connectivity index (χ1n) is 5.60. The Hall–Kier alpha value is -0.700. The van der Waals surface area contributed by atoms with Gasteiger partial charge in [-0.15, -0.1) is 11.3 Å². The molecule has 0 fully saturated rings. The molecule has 0 aliphatic rings. The summed E-state index contributed by atoms with van der Waals surface area (Å²) in [5, 5.41) is 1.94. The van der Waals surface area contributed by atoms with Gasteiger partial charge in [-0.05, 0) is 27.4 Å². The minimum absolute atomic E-state index is 0.0723. The van der Waals surface area contributed by atoms with Crippen LogP contribution in [0.15, 0.2) is 34.6 Å². The number of sulfonamides is 1. The molecule has 0 spiro atoms. The van der Waals surface area contributed by atoms with Gasteiger partial charge >= 0.3 is 0 Å². The molecule has 0 aliphatic carbocycles. The molecular weight excluding hydrogens is 350 g/mol. The molecule has 19 heavy (non-hydrogen) atoms. The van der Waals surface area contributed by atoms with Gasteiger partial charge < -0.3 is 4.57 Å². The Morgan fingerprint density at radius 1 is 1.53 bits per heavy atom. The second kappa shape index (κ2) is 6.17. The van der Waals surface area contributed by atoms with Crippen LogP contribution >= 0.6 is 27.3 Å². The number of halogens is 1. The van der Waals surface area contributed by atoms with Crippen LogP contribution in [0, 0.1) is 0 Å². The van der Waals surface area contributed by atoms with E-state index in [0.717, 1.165) is 9.35 Å². The maximum atomic E-state index is 12.1. The Bertz CT molecular complexity index is 622. The molecule has 2 aromatic heterocycles. The third-order valence-electron chi connectivity index (χ3n) is 2.70. The van der Waals surface area contributed by atoms with Crippen molar-refractivity contribution in [3.05, 3.63) is 39.5 Å². The van der Waals surface area contributed by atoms with Gasteiger partial charge in [0, 0.05) is 41.9 Å². The molecule has 0 radical (unpaired) electrons. The molecule has 0 atom stereocenters. The molecule has 0 saturated carbocycles. The first-order chi connectivity index (χ1) is 8.99. The summed E-state index contributed by atoms with van der Waals surface area (Å²) < 4.78 is 28.4. The second-order valence-electron chi connectivity index (χ2n) is 4.06. The largest absolute Gasteiger partial charge is 0.336 e. The summed E-state index contributed by atoms with van der Waals surface area (Å²) in [7, 11) is -1.65. The number of aryl methyl sites for hydroxylation is 1. The van der Waals surface area contributed by atoms with Crippen LogP contribution in [0.2, 0.25) is 0 Å². The van der Waals surface area contributed by atoms with Crippen LogP contribution in [0.5, 0.6) is 0 Å². The molecule has 5 nitrogen and oxygen atoms in total. The van der Waals surface area contributed by atoms with Crippen LogP contribution in [0.25, 0.3) is 0 Å². The molecule has 0 amide bonds. The Balaban J connectivity index is 1.97. The summed E-state index contributed by atoms with van der Waals surface area (Å²) in [6.07, 6.45) is 5.01. The number of rotatable bonds is 6. The van der Waals surface area contributed by atoms with Crippen molar-refractivity contribution in [2.45, 2.75) is 13.1 Å². The molecule has 0 unspecified atom stereocenters. The van der Waals surface area contributed by atoms with Crippen LogP contribution in [0.4, 0.5) is 0 Å². The van der Waals surface area contributed by atoms with Gasteiger partial charge in [0.2, 0.25) is 10.0 Å². The van der Waals surface area contributed by atoms with Gasteiger partial charge in [0.15, 0.2) is 0 Å². The Morgan fingerprint density at radius 3 is 2.89 bits per heavy atom. The summed E-state index contributed by atoms with van der Waals surface area (Å²) in [6, 6.07) is 1.92. The van der Waals surface area contributed by atoms with Crippen molar-refractivity contribution in [2.75, 3.05) is 12.8 Å². The molecule has 2 aromatic rings. The smallest absolute Gasteiger partial charge is 0.215 e. The molecule has 8 heteroatoms. The highest BCUT2D eigenvalue weighted by atomic mass is 79.9. The monoisotopic (exact) mass is 363 g/mol. The molecule has 0 bridgehead atoms. The average molecular weight is 364 g/mol. The highest BCUT2D eigenvalue weighted by molar-refractivity contribution is 9.10. The average Bonchev–Trinajstić information content (AvgIpc) is 2.99. The first kappa shape index (κ1) is 14.7. The van der Waals surface area contributed by atoms with Crippen LogP contribution in [0.1, 0.15) is 4.88 Å². The van der Waals surface area contributed by atoms with E-state index >= 15 is 0 Å². The highest BCUT2D eigenvalue weighted by Crippen LogP contribution is 2.24. The summed E-state index contributed by atoms with van der Waals surface area (Å²) in [5.74, 6) is 0.0723. The standard InChI is InChI=1S/C11H14BrN3O2S2/c1-14(8-11-10(12)2-6-18-11)19(16,17)7-5-15-4-3-13-9-15/h2-4,6,9H,5,7-8H2,1H3. The van der Waals surface area contributed by atoms with Crippen LogP contribution < -0.4 is 0 Å². The van der Waals surface area contributed by atoms with Crippen LogP contribution in [-0.2, 0) is 23.1 Å². The third-order valence-corrected chi connectivity index (χ3v) is 6.39. The lowest BCUT2D eigenvalue weighted by atomic mass is 10.5. The lowest BCUT2D eigenvalue weighted by Gasteiger charge is -2.16. The quantitative estimate of drug-likeness (QED) is 0.790. The van der Waals surface area contributed by atoms with Crippen molar-refractivity contribution in [3.8, 4) is 0 Å². The van der Waals surface area contributed by atoms with E-state index in [1.165, 1.54) is 4.31 Å². The maximum absolute atomic E-state index is 12.1. The van der Waals surface area contributed by atoms with Gasteiger partial charge in [-0.3, -0.25) is 0 Å². The van der Waals surface area contributed by atoms with Gasteiger partial charge in [-0.2, -0.15) is 4.31 Å². The molecule has 0 aliphatic heterocycles. The van der Waals surface area contributed by atoms with Gasteiger partial charge in [0.05, 0.1) is 12.1 Å². The number of aromatic nitrogens is 2. The minimum Gasteiger partial charge on any atom is -0.336 e. The molecule has 104 valence electrons. The second-order valence-corrected chi connectivity index (χ2v) is 8.11. The fraction of sp³-hybridized carbons (Fsp3) is 0.364. The fourth-order valence-electron chi connectivity index (χ4n) is 1.53. The van der Waals surface area contributed by atoms with Crippen molar-refractivity contribution in [3.63, 3.8) is 0 Å². The lowest BCUT2D eigenvalue weighted by Crippen LogP contribution is -2.30. The van der Waals surface area contributed by atoms with Crippen molar-refractivity contribution in [1.29, 1.82) is 0 Å². The zero-order valence-corrected chi connectivity index (χ0v) is 13.6. The van der Waals surface area contributed by atoms with E-state index in [1.807, 2.05) is 11.4 Å². The Kier molecular flexibility index (Phi) is 4.77. The van der Waals surface area contributed by atoms with Crippen molar-refractivity contribution in [2.24, 2.45) is 0 Å².